The number of para-hydroxylation sites is 4. The third kappa shape index (κ3) is 16.5. The molecule has 0 heterocycles. The van der Waals surface area contributed by atoms with Gasteiger partial charge in [0.2, 0.25) is 0 Å². The van der Waals surface area contributed by atoms with E-state index in [4.69, 9.17) is 36.2 Å². The van der Waals surface area contributed by atoms with Gasteiger partial charge in [-0.05, 0) is 188 Å². The Bertz CT molecular complexity index is 5390. The topological polar surface area (TPSA) is 73.8 Å². The highest BCUT2D eigenvalue weighted by molar-refractivity contribution is 7.57. The zero-order valence-electron chi connectivity index (χ0n) is 60.9. The molecule has 0 saturated heterocycles. The van der Waals surface area contributed by atoms with Crippen LogP contribution in [0.15, 0.2) is 364 Å². The quantitative estimate of drug-likeness (QED) is 0.0554. The first-order chi connectivity index (χ1) is 53.1. The summed E-state index contributed by atoms with van der Waals surface area (Å²) in [6.07, 6.45) is 0. The zero-order valence-corrected chi connectivity index (χ0v) is 64.4. The lowest BCUT2D eigenvalue weighted by Crippen LogP contribution is -2.12. The number of fused-ring (bicyclic) bond motifs is 4. The number of hydrogen-bond donors (Lipinski definition) is 0. The van der Waals surface area contributed by atoms with Crippen molar-refractivity contribution in [2.75, 3.05) is 0 Å². The predicted molar refractivity (Wildman–Crippen MR) is 454 cm³/mol. The summed E-state index contributed by atoms with van der Waals surface area (Å²) < 4.78 is 56.1. The van der Waals surface area contributed by atoms with Crippen molar-refractivity contribution in [3.05, 3.63) is 386 Å². The zero-order chi connectivity index (χ0) is 73.7. The molecule has 4 atom stereocenters. The van der Waals surface area contributed by atoms with E-state index >= 15 is 0 Å². The van der Waals surface area contributed by atoms with Crippen LogP contribution in [0, 0.1) is 13.8 Å². The van der Waals surface area contributed by atoms with Gasteiger partial charge in [0.15, 0.2) is 0 Å². The first-order valence-electron chi connectivity index (χ1n) is 36.3. The van der Waals surface area contributed by atoms with Gasteiger partial charge in [0.25, 0.3) is 0 Å². The fourth-order valence-electron chi connectivity index (χ4n) is 13.2. The van der Waals surface area contributed by atoms with E-state index in [2.05, 4.69) is 272 Å². The van der Waals surface area contributed by atoms with Gasteiger partial charge < -0.3 is 36.2 Å². The molecule has 0 aliphatic rings. The average molecular weight is 1490 g/mol. The Balaban J connectivity index is 0.000000173. The summed E-state index contributed by atoms with van der Waals surface area (Å²) in [4.78, 5) is 0. The van der Waals surface area contributed by atoms with Gasteiger partial charge in [0, 0.05) is 22.3 Å². The Kier molecular flexibility index (Phi) is 22.8. The minimum Gasteiger partial charge on any atom is -0.435 e. The molecule has 12 heteroatoms. The van der Waals surface area contributed by atoms with Crippen LogP contribution in [0.1, 0.15) is 61.8 Å². The Morgan fingerprint density at radius 3 is 0.648 bits per heavy atom. The van der Waals surface area contributed by atoms with Crippen LogP contribution >= 0.6 is 33.5 Å². The van der Waals surface area contributed by atoms with E-state index in [0.717, 1.165) is 132 Å². The Labute approximate surface area is 637 Å². The van der Waals surface area contributed by atoms with E-state index in [1.807, 2.05) is 133 Å². The van der Waals surface area contributed by atoms with Gasteiger partial charge in [0.05, 0.1) is 21.2 Å². The second kappa shape index (κ2) is 34.1. The smallest absolute Gasteiger partial charge is 0.326 e. The van der Waals surface area contributed by atoms with Crippen LogP contribution in [0.4, 0.5) is 0 Å². The fourth-order valence-corrected chi connectivity index (χ4v) is 18.6. The number of rotatable bonds is 24. The normalized spacial score (nSPS) is 12.4. The lowest BCUT2D eigenvalue weighted by Gasteiger charge is -2.26. The molecule has 0 radical (unpaired) electrons. The van der Waals surface area contributed by atoms with Crippen LogP contribution in [-0.2, 0) is 0 Å². The highest BCUT2D eigenvalue weighted by atomic mass is 31.2. The monoisotopic (exact) mass is 1480 g/mol. The van der Waals surface area contributed by atoms with Gasteiger partial charge in [-0.3, -0.25) is 0 Å². The standard InChI is InChI=1S/C50H44O4P2.C46H36O4P2/c1-35(2)41-25-15-17-29-45(41)51-55(39-21-7-5-8-22-39)53-47-33-31-37-19-11-13-27-43(37)49(47)50-44-28-14-12-20-38(44)32-34-48(50)54-56(40-23-9-6-10-24-40)52-46-30-18-16-26-42(46)36(3)4;1-33-17-9-15-27-41(33)47-51(37-21-5-3-6-22-37)49-43-31-29-35-19-11-13-25-39(35)45(43)46-40-26-14-12-20-36(40)30-32-44(46)50-52(38-23-7-4-8-24-38)48-42-28-16-10-18-34(42)2/h5-36H,1-4H3;3-32H,1-2H3. The van der Waals surface area contributed by atoms with E-state index in [0.29, 0.717) is 23.0 Å². The third-order valence-corrected chi connectivity index (χ3v) is 24.4. The molecule has 0 spiro atoms. The summed E-state index contributed by atoms with van der Waals surface area (Å²) in [6.45, 7) is 12.9. The molecule has 16 aromatic rings. The van der Waals surface area contributed by atoms with Crippen molar-refractivity contribution >= 4 is 97.8 Å². The minimum atomic E-state index is -1.62. The minimum absolute atomic E-state index is 0.277. The van der Waals surface area contributed by atoms with Crippen LogP contribution in [0.5, 0.6) is 46.0 Å². The summed E-state index contributed by atoms with van der Waals surface area (Å²) in [5.41, 5.74) is 8.09. The third-order valence-electron chi connectivity index (χ3n) is 18.7. The summed E-state index contributed by atoms with van der Waals surface area (Å²) in [7, 11) is -6.43. The number of benzene rings is 16. The van der Waals surface area contributed by atoms with Crippen molar-refractivity contribution in [1.82, 2.24) is 0 Å². The van der Waals surface area contributed by atoms with Crippen LogP contribution in [0.2, 0.25) is 0 Å². The second-order valence-corrected chi connectivity index (χ2v) is 32.2. The average Bonchev–Trinajstić information content (AvgIpc) is 0.753. The van der Waals surface area contributed by atoms with E-state index in [1.165, 1.54) is 0 Å². The summed E-state index contributed by atoms with van der Waals surface area (Å²) >= 11 is 0. The molecule has 8 nitrogen and oxygen atoms in total. The van der Waals surface area contributed by atoms with E-state index in [9.17, 15) is 0 Å². The van der Waals surface area contributed by atoms with Crippen LogP contribution in [-0.4, -0.2) is 0 Å². The maximum absolute atomic E-state index is 7.23. The molecular weight excluding hydrogens is 1400 g/mol. The first kappa shape index (κ1) is 72.3. The van der Waals surface area contributed by atoms with Gasteiger partial charge >= 0.3 is 33.5 Å². The fraction of sp³-hybridized carbons (Fsp3) is 0.0833. The van der Waals surface area contributed by atoms with Crippen molar-refractivity contribution in [2.24, 2.45) is 0 Å². The van der Waals surface area contributed by atoms with Crippen LogP contribution in [0.25, 0.3) is 65.3 Å². The molecule has 0 bridgehead atoms. The summed E-state index contributed by atoms with van der Waals surface area (Å²) in [5, 5.41) is 12.4. The van der Waals surface area contributed by atoms with Crippen molar-refractivity contribution < 1.29 is 36.2 Å². The molecule has 0 aliphatic carbocycles. The van der Waals surface area contributed by atoms with Crippen molar-refractivity contribution in [2.45, 2.75) is 53.4 Å². The SMILES string of the molecule is CC(C)c1ccccc1OP(Oc1ccc2ccccc2c1-c1c(OP(Oc2ccccc2C(C)C)c2ccccc2)ccc2ccccc12)c1ccccc1.Cc1ccccc1OP(Oc1ccc2ccccc2c1-c1c(OP(Oc2ccccc2C)c2ccccc2)ccc2ccccc12)c1ccccc1. The molecule has 0 amide bonds. The maximum atomic E-state index is 7.23. The lowest BCUT2D eigenvalue weighted by atomic mass is 9.92. The van der Waals surface area contributed by atoms with Gasteiger partial charge in [0.1, 0.15) is 46.0 Å². The molecule has 108 heavy (non-hydrogen) atoms. The molecule has 16 rings (SSSR count). The molecule has 532 valence electrons. The van der Waals surface area contributed by atoms with Crippen LogP contribution < -0.4 is 57.4 Å². The Hall–Kier alpha value is -11.3. The molecular formula is C96H80O8P4. The number of aryl methyl sites for hydroxylation is 2. The van der Waals surface area contributed by atoms with E-state index in [1.54, 1.807) is 0 Å². The Morgan fingerprint density at radius 2 is 0.389 bits per heavy atom. The second-order valence-electron chi connectivity index (χ2n) is 26.7. The van der Waals surface area contributed by atoms with Crippen molar-refractivity contribution in [1.29, 1.82) is 0 Å². The maximum Gasteiger partial charge on any atom is 0.326 e. The molecule has 4 unspecified atom stereocenters. The van der Waals surface area contributed by atoms with Gasteiger partial charge in [-0.1, -0.05) is 295 Å². The van der Waals surface area contributed by atoms with Gasteiger partial charge in [-0.25, -0.2) is 0 Å². The number of hydrogen-bond acceptors (Lipinski definition) is 8. The van der Waals surface area contributed by atoms with E-state index in [-0.39, 0.29) is 11.8 Å². The molecule has 0 aromatic heterocycles. The van der Waals surface area contributed by atoms with E-state index < -0.39 is 33.5 Å². The molecule has 0 N–H and O–H groups in total. The molecule has 16 aromatic carbocycles. The highest BCUT2D eigenvalue weighted by Crippen LogP contribution is 2.56. The van der Waals surface area contributed by atoms with Crippen molar-refractivity contribution in [3.8, 4) is 68.2 Å². The summed E-state index contributed by atoms with van der Waals surface area (Å²) in [6, 6.07) is 124. The van der Waals surface area contributed by atoms with Gasteiger partial charge in [-0.15, -0.1) is 0 Å². The summed E-state index contributed by atoms with van der Waals surface area (Å²) in [5.74, 6) is 6.59. The highest BCUT2D eigenvalue weighted by Gasteiger charge is 2.31. The Morgan fingerprint density at radius 1 is 0.185 bits per heavy atom. The molecule has 0 fully saturated rings. The van der Waals surface area contributed by atoms with Gasteiger partial charge in [-0.2, -0.15) is 0 Å². The molecule has 0 aliphatic heterocycles. The molecule has 0 saturated carbocycles. The largest absolute Gasteiger partial charge is 0.435 e. The predicted octanol–water partition coefficient (Wildman–Crippen LogP) is 26.6. The van der Waals surface area contributed by atoms with Crippen LogP contribution in [0.3, 0.4) is 0 Å². The van der Waals surface area contributed by atoms with Crippen molar-refractivity contribution in [3.63, 3.8) is 0 Å². The lowest BCUT2D eigenvalue weighted by molar-refractivity contribution is 0.493. The first-order valence-corrected chi connectivity index (χ1v) is 41.0.